The van der Waals surface area contributed by atoms with Gasteiger partial charge in [-0.25, -0.2) is 4.98 Å². The fourth-order valence-electron chi connectivity index (χ4n) is 3.22. The number of nitriles is 1. The van der Waals surface area contributed by atoms with E-state index >= 15 is 0 Å². The first-order valence-electron chi connectivity index (χ1n) is 10.6. The number of pyridine rings is 1. The zero-order valence-electron chi connectivity index (χ0n) is 18.4. The van der Waals surface area contributed by atoms with E-state index < -0.39 is 5.91 Å². The molecule has 0 radical (unpaired) electrons. The van der Waals surface area contributed by atoms with Crippen LogP contribution in [0.1, 0.15) is 44.5 Å². The molecule has 6 nitrogen and oxygen atoms in total. The number of hydrogen-bond donors (Lipinski definition) is 2. The Morgan fingerprint density at radius 2 is 1.97 bits per heavy atom. The lowest BCUT2D eigenvalue weighted by atomic mass is 10.0. The standard InChI is InChI=1S/C24H30BrN5O/c1-4-22(18-9-7-10-20(15-18)27-13-14-30(5-2)6-3)29-24(31)19(17-26)16-21-11-8-12-23(25)28-21/h7-12,15-16,22,27H,4-6,13-14H2,1-3H3,(H,29,31)/b19-16+. The van der Waals surface area contributed by atoms with Crippen LogP contribution < -0.4 is 10.6 Å². The third-order valence-electron chi connectivity index (χ3n) is 5.05. The first kappa shape index (κ1) is 24.6. The predicted octanol–water partition coefficient (Wildman–Crippen LogP) is 4.77. The van der Waals surface area contributed by atoms with E-state index in [4.69, 9.17) is 0 Å². The number of carbonyl (C=O) groups excluding carboxylic acids is 1. The van der Waals surface area contributed by atoms with Crippen molar-refractivity contribution < 1.29 is 4.79 Å². The van der Waals surface area contributed by atoms with Crippen LogP contribution in [0.3, 0.4) is 0 Å². The molecule has 0 aliphatic carbocycles. The van der Waals surface area contributed by atoms with Crippen LogP contribution >= 0.6 is 15.9 Å². The summed E-state index contributed by atoms with van der Waals surface area (Å²) in [6.45, 7) is 10.2. The highest BCUT2D eigenvalue weighted by atomic mass is 79.9. The molecule has 1 aromatic heterocycles. The van der Waals surface area contributed by atoms with Crippen molar-refractivity contribution in [3.05, 3.63) is 63.9 Å². The first-order valence-corrected chi connectivity index (χ1v) is 11.4. The Labute approximate surface area is 193 Å². The van der Waals surface area contributed by atoms with Gasteiger partial charge in [0.25, 0.3) is 5.91 Å². The summed E-state index contributed by atoms with van der Waals surface area (Å²) in [7, 11) is 0. The molecule has 0 fully saturated rings. The summed E-state index contributed by atoms with van der Waals surface area (Å²) in [5.41, 5.74) is 2.60. The number of carbonyl (C=O) groups is 1. The number of anilines is 1. The maximum atomic E-state index is 12.7. The third-order valence-corrected chi connectivity index (χ3v) is 5.49. The van der Waals surface area contributed by atoms with Crippen molar-refractivity contribution in [1.82, 2.24) is 15.2 Å². The number of benzene rings is 1. The van der Waals surface area contributed by atoms with E-state index in [0.717, 1.165) is 37.4 Å². The molecule has 2 aromatic rings. The fraction of sp³-hybridized carbons (Fsp3) is 0.375. The molecule has 2 N–H and O–H groups in total. The van der Waals surface area contributed by atoms with Gasteiger partial charge in [0.2, 0.25) is 0 Å². The summed E-state index contributed by atoms with van der Waals surface area (Å²) in [6, 6.07) is 15.2. The smallest absolute Gasteiger partial charge is 0.262 e. The normalized spacial score (nSPS) is 12.3. The van der Waals surface area contributed by atoms with Gasteiger partial charge in [0.1, 0.15) is 16.2 Å². The zero-order valence-corrected chi connectivity index (χ0v) is 19.9. The quantitative estimate of drug-likeness (QED) is 0.273. The monoisotopic (exact) mass is 483 g/mol. The van der Waals surface area contributed by atoms with Gasteiger partial charge in [0, 0.05) is 18.8 Å². The molecule has 1 heterocycles. The molecule has 1 unspecified atom stereocenters. The Balaban J connectivity index is 2.07. The van der Waals surface area contributed by atoms with Crippen LogP contribution in [-0.4, -0.2) is 42.0 Å². The van der Waals surface area contributed by atoms with E-state index in [1.54, 1.807) is 12.1 Å². The average molecular weight is 484 g/mol. The molecule has 0 saturated carbocycles. The van der Waals surface area contributed by atoms with E-state index in [1.807, 2.05) is 37.3 Å². The largest absolute Gasteiger partial charge is 0.384 e. The van der Waals surface area contributed by atoms with Gasteiger partial charge < -0.3 is 15.5 Å². The highest BCUT2D eigenvalue weighted by molar-refractivity contribution is 9.10. The number of nitrogens with one attached hydrogen (secondary N) is 2. The molecule has 2 rings (SSSR count). The summed E-state index contributed by atoms with van der Waals surface area (Å²) in [5.74, 6) is -0.406. The Hall–Kier alpha value is -2.69. The van der Waals surface area contributed by atoms with Crippen LogP contribution in [0.2, 0.25) is 0 Å². The van der Waals surface area contributed by atoms with E-state index in [-0.39, 0.29) is 11.6 Å². The molecular formula is C24H30BrN5O. The van der Waals surface area contributed by atoms with Crippen molar-refractivity contribution in [1.29, 1.82) is 5.26 Å². The number of likely N-dealkylation sites (N-methyl/N-ethyl adjacent to an activating group) is 1. The van der Waals surface area contributed by atoms with Gasteiger partial charge in [-0.05, 0) is 71.3 Å². The summed E-state index contributed by atoms with van der Waals surface area (Å²) in [5, 5.41) is 15.9. The fourth-order valence-corrected chi connectivity index (χ4v) is 3.58. The maximum Gasteiger partial charge on any atom is 0.262 e. The van der Waals surface area contributed by atoms with E-state index in [9.17, 15) is 10.1 Å². The molecule has 7 heteroatoms. The predicted molar refractivity (Wildman–Crippen MR) is 129 cm³/mol. The number of amides is 1. The van der Waals surface area contributed by atoms with E-state index in [2.05, 4.69) is 56.4 Å². The summed E-state index contributed by atoms with van der Waals surface area (Å²) >= 11 is 3.30. The van der Waals surface area contributed by atoms with Gasteiger partial charge in [-0.15, -0.1) is 0 Å². The molecule has 0 saturated heterocycles. The van der Waals surface area contributed by atoms with Crippen molar-refractivity contribution >= 4 is 33.6 Å². The van der Waals surface area contributed by atoms with Crippen LogP contribution in [0, 0.1) is 11.3 Å². The molecule has 31 heavy (non-hydrogen) atoms. The minimum Gasteiger partial charge on any atom is -0.384 e. The van der Waals surface area contributed by atoms with Gasteiger partial charge in [0.05, 0.1) is 11.7 Å². The molecule has 164 valence electrons. The second-order valence-electron chi connectivity index (χ2n) is 7.07. The topological polar surface area (TPSA) is 81.0 Å². The van der Waals surface area contributed by atoms with Crippen molar-refractivity contribution in [2.45, 2.75) is 33.2 Å². The molecule has 1 atom stereocenters. The van der Waals surface area contributed by atoms with Crippen molar-refractivity contribution in [3.63, 3.8) is 0 Å². The van der Waals surface area contributed by atoms with Crippen LogP contribution in [0.5, 0.6) is 0 Å². The van der Waals surface area contributed by atoms with Gasteiger partial charge >= 0.3 is 0 Å². The van der Waals surface area contributed by atoms with Crippen molar-refractivity contribution in [3.8, 4) is 6.07 Å². The van der Waals surface area contributed by atoms with Gasteiger partial charge in [-0.1, -0.05) is 39.0 Å². The third kappa shape index (κ3) is 7.82. The Morgan fingerprint density at radius 3 is 2.61 bits per heavy atom. The first-order chi connectivity index (χ1) is 15.0. The number of aromatic nitrogens is 1. The molecule has 0 aliphatic rings. The minimum absolute atomic E-state index is 0.0255. The lowest BCUT2D eigenvalue weighted by Gasteiger charge is -2.20. The zero-order chi connectivity index (χ0) is 22.6. The van der Waals surface area contributed by atoms with Crippen molar-refractivity contribution in [2.24, 2.45) is 0 Å². The van der Waals surface area contributed by atoms with Gasteiger partial charge in [0.15, 0.2) is 0 Å². The Kier molecular flexibility index (Phi) is 10.2. The van der Waals surface area contributed by atoms with Crippen LogP contribution in [0.15, 0.2) is 52.6 Å². The molecule has 0 aliphatic heterocycles. The maximum absolute atomic E-state index is 12.7. The number of nitrogens with zero attached hydrogens (tertiary/aromatic N) is 3. The SMILES string of the molecule is CCC(NC(=O)/C(C#N)=C/c1cccc(Br)n1)c1cccc(NCCN(CC)CC)c1. The Bertz CT molecular complexity index is 934. The van der Waals surface area contributed by atoms with Crippen LogP contribution in [-0.2, 0) is 4.79 Å². The van der Waals surface area contributed by atoms with Crippen LogP contribution in [0.4, 0.5) is 5.69 Å². The molecule has 1 amide bonds. The molecule has 0 bridgehead atoms. The van der Waals surface area contributed by atoms with Crippen molar-refractivity contribution in [2.75, 3.05) is 31.5 Å². The number of rotatable bonds is 11. The second kappa shape index (κ2) is 12.9. The lowest BCUT2D eigenvalue weighted by Crippen LogP contribution is -2.29. The highest BCUT2D eigenvalue weighted by Crippen LogP contribution is 2.21. The minimum atomic E-state index is -0.406. The summed E-state index contributed by atoms with van der Waals surface area (Å²) in [4.78, 5) is 19.4. The summed E-state index contributed by atoms with van der Waals surface area (Å²) in [6.07, 6.45) is 2.21. The van der Waals surface area contributed by atoms with Crippen LogP contribution in [0.25, 0.3) is 6.08 Å². The van der Waals surface area contributed by atoms with Gasteiger partial charge in [-0.2, -0.15) is 5.26 Å². The second-order valence-corrected chi connectivity index (χ2v) is 7.88. The molecule has 0 spiro atoms. The van der Waals surface area contributed by atoms with Gasteiger partial charge in [-0.3, -0.25) is 4.79 Å². The molecule has 1 aromatic carbocycles. The molecular weight excluding hydrogens is 454 g/mol. The highest BCUT2D eigenvalue weighted by Gasteiger charge is 2.17. The summed E-state index contributed by atoms with van der Waals surface area (Å²) < 4.78 is 0.649. The van der Waals surface area contributed by atoms with E-state index in [0.29, 0.717) is 16.7 Å². The number of hydrogen-bond acceptors (Lipinski definition) is 5. The van der Waals surface area contributed by atoms with E-state index in [1.165, 1.54) is 6.08 Å². The lowest BCUT2D eigenvalue weighted by molar-refractivity contribution is -0.117. The average Bonchev–Trinajstić information content (AvgIpc) is 2.78. The number of halogens is 1. The Morgan fingerprint density at radius 1 is 1.23 bits per heavy atom.